The zero-order valence-electron chi connectivity index (χ0n) is 16.2. The molecule has 2 aromatic carbocycles. The van der Waals surface area contributed by atoms with E-state index in [1.54, 1.807) is 6.92 Å². The fraction of sp³-hybridized carbons (Fsp3) is 0.273. The normalized spacial score (nSPS) is 11.7. The first-order valence-electron chi connectivity index (χ1n) is 8.84. The maximum atomic E-state index is 10.8. The predicted octanol–water partition coefficient (Wildman–Crippen LogP) is 4.27. The Hall–Kier alpha value is -3.28. The average Bonchev–Trinajstić information content (AvgIpc) is 2.62. The van der Waals surface area contributed by atoms with E-state index in [0.29, 0.717) is 11.5 Å². The number of carboxylic acids is 2. The Morgan fingerprint density at radius 3 is 2.00 bits per heavy atom. The van der Waals surface area contributed by atoms with E-state index in [4.69, 9.17) is 20.4 Å². The summed E-state index contributed by atoms with van der Waals surface area (Å²) in [5, 5.41) is 35.1. The molecule has 6 heteroatoms. The van der Waals surface area contributed by atoms with Gasteiger partial charge in [0.05, 0.1) is 5.92 Å². The van der Waals surface area contributed by atoms with Crippen LogP contribution in [0.25, 0.3) is 6.08 Å². The molecule has 4 N–H and O–H groups in total. The third kappa shape index (κ3) is 7.95. The first-order valence-corrected chi connectivity index (χ1v) is 8.84. The standard InChI is InChI=1S/C13H18O2.C9H8O4/c1-9(2)8-11-4-6-12(7-5-11)10(3)13(14)15;10-7-3-1-6(5-8(7)11)2-4-9(12)13/h4-7,9-10H,8H2,1-3H3,(H,14,15);1-5,10-11H,(H,12,13). The van der Waals surface area contributed by atoms with Gasteiger partial charge in [-0.25, -0.2) is 4.79 Å². The van der Waals surface area contributed by atoms with E-state index in [-0.39, 0.29) is 11.5 Å². The third-order valence-electron chi connectivity index (χ3n) is 3.91. The van der Waals surface area contributed by atoms with E-state index in [9.17, 15) is 9.59 Å². The van der Waals surface area contributed by atoms with Gasteiger partial charge in [-0.15, -0.1) is 0 Å². The first kappa shape index (κ1) is 22.8. The second-order valence-electron chi connectivity index (χ2n) is 6.82. The van der Waals surface area contributed by atoms with Crippen LogP contribution in [0.2, 0.25) is 0 Å². The number of benzene rings is 2. The number of aromatic hydroxyl groups is 2. The van der Waals surface area contributed by atoms with Gasteiger partial charge in [-0.05, 0) is 54.2 Å². The van der Waals surface area contributed by atoms with Crippen LogP contribution < -0.4 is 0 Å². The van der Waals surface area contributed by atoms with Crippen molar-refractivity contribution >= 4 is 18.0 Å². The monoisotopic (exact) mass is 386 g/mol. The highest BCUT2D eigenvalue weighted by molar-refractivity contribution is 5.85. The van der Waals surface area contributed by atoms with E-state index in [2.05, 4.69) is 13.8 Å². The van der Waals surface area contributed by atoms with Gasteiger partial charge in [0.25, 0.3) is 0 Å². The minimum atomic E-state index is -1.06. The summed E-state index contributed by atoms with van der Waals surface area (Å²) >= 11 is 0. The van der Waals surface area contributed by atoms with Gasteiger partial charge in [-0.3, -0.25) is 4.79 Å². The SMILES string of the molecule is CC(C)Cc1ccc(C(C)C(=O)O)cc1.O=C(O)C=Cc1ccc(O)c(O)c1. The van der Waals surface area contributed by atoms with Crippen LogP contribution >= 0.6 is 0 Å². The van der Waals surface area contributed by atoms with Crippen molar-refractivity contribution < 1.29 is 30.0 Å². The van der Waals surface area contributed by atoms with Gasteiger partial charge in [0.2, 0.25) is 0 Å². The molecule has 2 aromatic rings. The summed E-state index contributed by atoms with van der Waals surface area (Å²) in [6, 6.07) is 11.9. The maximum absolute atomic E-state index is 10.8. The summed E-state index contributed by atoms with van der Waals surface area (Å²) in [6.45, 7) is 6.06. The Morgan fingerprint density at radius 2 is 1.54 bits per heavy atom. The Labute approximate surface area is 164 Å². The van der Waals surface area contributed by atoms with Gasteiger partial charge in [0, 0.05) is 6.08 Å². The number of hydrogen-bond donors (Lipinski definition) is 4. The summed E-state index contributed by atoms with van der Waals surface area (Å²) < 4.78 is 0. The lowest BCUT2D eigenvalue weighted by atomic mass is 9.97. The van der Waals surface area contributed by atoms with Gasteiger partial charge in [-0.1, -0.05) is 44.2 Å². The second kappa shape index (κ2) is 10.8. The van der Waals surface area contributed by atoms with Crippen LogP contribution in [0.1, 0.15) is 43.4 Å². The smallest absolute Gasteiger partial charge is 0.328 e. The molecule has 0 aliphatic rings. The molecule has 0 aliphatic carbocycles. The van der Waals surface area contributed by atoms with Crippen LogP contribution in [0.3, 0.4) is 0 Å². The van der Waals surface area contributed by atoms with Gasteiger partial charge in [-0.2, -0.15) is 0 Å². The Morgan fingerprint density at radius 1 is 0.929 bits per heavy atom. The van der Waals surface area contributed by atoms with Crippen LogP contribution in [0.5, 0.6) is 11.5 Å². The van der Waals surface area contributed by atoms with Crippen molar-refractivity contribution in [2.24, 2.45) is 5.92 Å². The molecule has 0 amide bonds. The fourth-order valence-electron chi connectivity index (χ4n) is 2.37. The van der Waals surface area contributed by atoms with Crippen molar-refractivity contribution in [3.05, 3.63) is 65.2 Å². The van der Waals surface area contributed by atoms with Gasteiger partial charge < -0.3 is 20.4 Å². The number of phenols is 2. The molecule has 6 nitrogen and oxygen atoms in total. The fourth-order valence-corrected chi connectivity index (χ4v) is 2.37. The maximum Gasteiger partial charge on any atom is 0.328 e. The zero-order chi connectivity index (χ0) is 21.3. The van der Waals surface area contributed by atoms with E-state index in [1.165, 1.54) is 29.8 Å². The van der Waals surface area contributed by atoms with Gasteiger partial charge in [0.1, 0.15) is 0 Å². The van der Waals surface area contributed by atoms with Crippen LogP contribution in [-0.4, -0.2) is 32.4 Å². The Bertz CT molecular complexity index is 821. The van der Waals surface area contributed by atoms with Gasteiger partial charge in [0.15, 0.2) is 11.5 Å². The molecule has 0 bridgehead atoms. The van der Waals surface area contributed by atoms with E-state index in [0.717, 1.165) is 18.1 Å². The molecule has 28 heavy (non-hydrogen) atoms. The molecule has 2 rings (SSSR count). The van der Waals surface area contributed by atoms with Crippen molar-refractivity contribution in [3.63, 3.8) is 0 Å². The lowest BCUT2D eigenvalue weighted by Gasteiger charge is -2.09. The number of aliphatic carboxylic acids is 2. The molecule has 1 unspecified atom stereocenters. The van der Waals surface area contributed by atoms with Crippen molar-refractivity contribution in [2.75, 3.05) is 0 Å². The summed E-state index contributed by atoms with van der Waals surface area (Å²) in [4.78, 5) is 20.9. The lowest BCUT2D eigenvalue weighted by molar-refractivity contribution is -0.138. The highest BCUT2D eigenvalue weighted by Gasteiger charge is 2.12. The molecule has 0 saturated carbocycles. The summed E-state index contributed by atoms with van der Waals surface area (Å²) in [5.41, 5.74) is 2.65. The molecule has 150 valence electrons. The molecule has 0 spiro atoms. The quantitative estimate of drug-likeness (QED) is 0.435. The van der Waals surface area contributed by atoms with Crippen LogP contribution in [0, 0.1) is 5.92 Å². The van der Waals surface area contributed by atoms with E-state index in [1.807, 2.05) is 24.3 Å². The molecular formula is C22H26O6. The minimum Gasteiger partial charge on any atom is -0.504 e. The third-order valence-corrected chi connectivity index (χ3v) is 3.91. The number of carbonyl (C=O) groups is 2. The number of phenolic OH excluding ortho intramolecular Hbond substituents is 2. The summed E-state index contributed by atoms with van der Waals surface area (Å²) in [5.74, 6) is -2.12. The highest BCUT2D eigenvalue weighted by atomic mass is 16.4. The van der Waals surface area contributed by atoms with Crippen molar-refractivity contribution in [3.8, 4) is 11.5 Å². The van der Waals surface area contributed by atoms with Crippen LogP contribution in [0.15, 0.2) is 48.5 Å². The molecule has 0 aromatic heterocycles. The lowest BCUT2D eigenvalue weighted by Crippen LogP contribution is -2.07. The molecule has 0 saturated heterocycles. The number of hydrogen-bond acceptors (Lipinski definition) is 4. The topological polar surface area (TPSA) is 115 Å². The minimum absolute atomic E-state index is 0.229. The molecular weight excluding hydrogens is 360 g/mol. The summed E-state index contributed by atoms with van der Waals surface area (Å²) in [7, 11) is 0. The van der Waals surface area contributed by atoms with Crippen molar-refractivity contribution in [2.45, 2.75) is 33.1 Å². The van der Waals surface area contributed by atoms with E-state index >= 15 is 0 Å². The van der Waals surface area contributed by atoms with Crippen molar-refractivity contribution in [1.29, 1.82) is 0 Å². The molecule has 0 aliphatic heterocycles. The molecule has 0 fully saturated rings. The number of rotatable bonds is 6. The largest absolute Gasteiger partial charge is 0.504 e. The molecule has 0 heterocycles. The first-order chi connectivity index (χ1) is 13.1. The molecule has 1 atom stereocenters. The average molecular weight is 386 g/mol. The number of carboxylic acid groups (broad SMARTS) is 2. The Kier molecular flexibility index (Phi) is 8.75. The van der Waals surface area contributed by atoms with E-state index < -0.39 is 17.9 Å². The Balaban J connectivity index is 0.000000283. The predicted molar refractivity (Wildman–Crippen MR) is 107 cm³/mol. The van der Waals surface area contributed by atoms with Crippen LogP contribution in [0.4, 0.5) is 0 Å². The second-order valence-corrected chi connectivity index (χ2v) is 6.82. The zero-order valence-corrected chi connectivity index (χ0v) is 16.2. The van der Waals surface area contributed by atoms with Gasteiger partial charge >= 0.3 is 11.9 Å². The van der Waals surface area contributed by atoms with Crippen molar-refractivity contribution in [1.82, 2.24) is 0 Å². The highest BCUT2D eigenvalue weighted by Crippen LogP contribution is 2.25. The molecule has 0 radical (unpaired) electrons. The van der Waals surface area contributed by atoms with Crippen LogP contribution in [-0.2, 0) is 16.0 Å². The summed E-state index contributed by atoms with van der Waals surface area (Å²) in [6.07, 6.45) is 3.31.